The Labute approximate surface area is 205 Å². The highest BCUT2D eigenvalue weighted by Gasteiger charge is 2.26. The Morgan fingerprint density at radius 3 is 2.34 bits per heavy atom. The van der Waals surface area contributed by atoms with Gasteiger partial charge in [-0.15, -0.1) is 0 Å². The molecule has 0 aliphatic rings. The highest BCUT2D eigenvalue weighted by Crippen LogP contribution is 2.19. The van der Waals surface area contributed by atoms with Crippen LogP contribution in [0.2, 0.25) is 0 Å². The Morgan fingerprint density at radius 1 is 0.971 bits per heavy atom. The molecule has 0 bridgehead atoms. The summed E-state index contributed by atoms with van der Waals surface area (Å²) in [5.41, 5.74) is 5.72. The lowest BCUT2D eigenvalue weighted by molar-refractivity contribution is -0.121. The minimum Gasteiger partial charge on any atom is -0.326 e. The van der Waals surface area contributed by atoms with E-state index in [9.17, 15) is 18.0 Å². The molecule has 3 rings (SSSR count). The van der Waals surface area contributed by atoms with E-state index < -0.39 is 22.5 Å². The summed E-state index contributed by atoms with van der Waals surface area (Å²) in [6.45, 7) is 3.03. The molecule has 0 aliphatic carbocycles. The van der Waals surface area contributed by atoms with Gasteiger partial charge in [-0.2, -0.15) is 9.41 Å². The molecule has 0 radical (unpaired) electrons. The average molecular weight is 493 g/mol. The van der Waals surface area contributed by atoms with E-state index in [2.05, 4.69) is 15.8 Å². The monoisotopic (exact) mass is 492 g/mol. The van der Waals surface area contributed by atoms with E-state index in [1.165, 1.54) is 37.4 Å². The number of aryl methyl sites for hydroxylation is 1. The second kappa shape index (κ2) is 12.0. The first-order valence-electron chi connectivity index (χ1n) is 11.0. The predicted molar refractivity (Wildman–Crippen MR) is 137 cm³/mol. The second-order valence-corrected chi connectivity index (χ2v) is 9.93. The highest BCUT2D eigenvalue weighted by atomic mass is 32.2. The van der Waals surface area contributed by atoms with Gasteiger partial charge in [-0.25, -0.2) is 13.8 Å². The molecule has 0 saturated heterocycles. The lowest BCUT2D eigenvalue weighted by Gasteiger charge is -2.21. The number of nitrogens with one attached hydrogen (secondary N) is 2. The lowest BCUT2D eigenvalue weighted by atomic mass is 10.1. The molecule has 0 unspecified atom stereocenters. The van der Waals surface area contributed by atoms with Gasteiger partial charge in [-0.3, -0.25) is 9.59 Å². The van der Waals surface area contributed by atoms with Crippen LogP contribution < -0.4 is 10.7 Å². The number of hydrogen-bond donors (Lipinski definition) is 2. The van der Waals surface area contributed by atoms with Crippen LogP contribution in [0.3, 0.4) is 0 Å². The molecule has 2 amide bonds. The maximum Gasteiger partial charge on any atom is 0.255 e. The van der Waals surface area contributed by atoms with E-state index in [1.54, 1.807) is 0 Å². The normalized spacial score (nSPS) is 11.5. The molecule has 182 valence electrons. The third-order valence-corrected chi connectivity index (χ3v) is 6.93. The van der Waals surface area contributed by atoms with Gasteiger partial charge in [-0.05, 0) is 48.7 Å². The van der Waals surface area contributed by atoms with Gasteiger partial charge in [0, 0.05) is 19.2 Å². The van der Waals surface area contributed by atoms with Gasteiger partial charge >= 0.3 is 0 Å². The summed E-state index contributed by atoms with van der Waals surface area (Å²) in [4.78, 5) is 23.9. The fourth-order valence-corrected chi connectivity index (χ4v) is 4.77. The van der Waals surface area contributed by atoms with Crippen LogP contribution in [0.1, 0.15) is 23.6 Å². The summed E-state index contributed by atoms with van der Waals surface area (Å²) in [6.07, 6.45) is 1.94. The van der Waals surface area contributed by atoms with Crippen LogP contribution in [0.15, 0.2) is 88.9 Å². The first-order valence-corrected chi connectivity index (χ1v) is 12.5. The van der Waals surface area contributed by atoms with Crippen molar-refractivity contribution in [3.8, 4) is 0 Å². The molecular weight excluding hydrogens is 464 g/mol. The zero-order valence-electron chi connectivity index (χ0n) is 19.6. The van der Waals surface area contributed by atoms with Crippen LogP contribution in [0.5, 0.6) is 0 Å². The van der Waals surface area contributed by atoms with Crippen molar-refractivity contribution in [2.45, 2.75) is 25.2 Å². The van der Waals surface area contributed by atoms with E-state index in [-0.39, 0.29) is 17.3 Å². The van der Waals surface area contributed by atoms with Crippen molar-refractivity contribution in [2.24, 2.45) is 5.10 Å². The van der Waals surface area contributed by atoms with Crippen molar-refractivity contribution < 1.29 is 18.0 Å². The van der Waals surface area contributed by atoms with Crippen molar-refractivity contribution in [1.29, 1.82) is 0 Å². The fourth-order valence-electron chi connectivity index (χ4n) is 3.37. The smallest absolute Gasteiger partial charge is 0.255 e. The number of sulfonamides is 1. The number of rotatable bonds is 10. The number of anilines is 1. The van der Waals surface area contributed by atoms with E-state index in [0.717, 1.165) is 21.0 Å². The number of hydrazone groups is 1. The van der Waals surface area contributed by atoms with Gasteiger partial charge in [0.2, 0.25) is 15.9 Å². The van der Waals surface area contributed by atoms with Crippen molar-refractivity contribution in [3.05, 3.63) is 95.6 Å². The predicted octanol–water partition coefficient (Wildman–Crippen LogP) is 3.34. The number of hydrogen-bond acceptors (Lipinski definition) is 5. The standard InChI is InChI=1S/C26H28N4O4S/c1-20-7-6-10-23(17-20)18-27-29-26(32)19-30(16-15-22-8-4-3-5-9-22)35(33,34)25-13-11-24(12-14-25)28-21(2)31/h3-14,17-18H,15-16,19H2,1-2H3,(H,28,31)(H,29,32). The Balaban J connectivity index is 1.75. The summed E-state index contributed by atoms with van der Waals surface area (Å²) in [6, 6.07) is 22.9. The van der Waals surface area contributed by atoms with Crippen molar-refractivity contribution >= 4 is 33.7 Å². The molecule has 3 aromatic carbocycles. The summed E-state index contributed by atoms with van der Waals surface area (Å²) in [5, 5.41) is 6.57. The molecule has 8 nitrogen and oxygen atoms in total. The quantitative estimate of drug-likeness (QED) is 0.334. The molecule has 2 N–H and O–H groups in total. The van der Waals surface area contributed by atoms with Gasteiger partial charge in [0.1, 0.15) is 0 Å². The maximum absolute atomic E-state index is 13.4. The molecule has 0 atom stereocenters. The van der Waals surface area contributed by atoms with Crippen molar-refractivity contribution in [1.82, 2.24) is 9.73 Å². The van der Waals surface area contributed by atoms with Gasteiger partial charge in [0.15, 0.2) is 0 Å². The zero-order valence-corrected chi connectivity index (χ0v) is 20.5. The van der Waals surface area contributed by atoms with Gasteiger partial charge in [-0.1, -0.05) is 60.2 Å². The van der Waals surface area contributed by atoms with E-state index in [1.807, 2.05) is 61.5 Å². The lowest BCUT2D eigenvalue weighted by Crippen LogP contribution is -2.40. The Kier molecular flexibility index (Phi) is 8.88. The van der Waals surface area contributed by atoms with Crippen LogP contribution in [-0.4, -0.2) is 43.8 Å². The molecule has 0 saturated carbocycles. The molecule has 9 heteroatoms. The Morgan fingerprint density at radius 2 is 1.69 bits per heavy atom. The van der Waals surface area contributed by atoms with Crippen LogP contribution in [0.4, 0.5) is 5.69 Å². The second-order valence-electron chi connectivity index (χ2n) is 7.99. The average Bonchev–Trinajstić information content (AvgIpc) is 2.82. The topological polar surface area (TPSA) is 108 Å². The van der Waals surface area contributed by atoms with Crippen LogP contribution in [0.25, 0.3) is 0 Å². The molecule has 0 heterocycles. The van der Waals surface area contributed by atoms with Gasteiger partial charge < -0.3 is 5.32 Å². The van der Waals surface area contributed by atoms with E-state index in [0.29, 0.717) is 12.1 Å². The molecule has 3 aromatic rings. The third-order valence-electron chi connectivity index (χ3n) is 5.07. The van der Waals surface area contributed by atoms with E-state index >= 15 is 0 Å². The van der Waals surface area contributed by atoms with Gasteiger partial charge in [0.25, 0.3) is 5.91 Å². The SMILES string of the molecule is CC(=O)Nc1ccc(S(=O)(=O)N(CCc2ccccc2)CC(=O)NN=Cc2cccc(C)c2)cc1. The molecular formula is C26H28N4O4S. The number of nitrogens with zero attached hydrogens (tertiary/aromatic N) is 2. The van der Waals surface area contributed by atoms with Gasteiger partial charge in [0.05, 0.1) is 17.7 Å². The molecule has 0 aromatic heterocycles. The molecule has 0 spiro atoms. The maximum atomic E-state index is 13.4. The summed E-state index contributed by atoms with van der Waals surface area (Å²) in [7, 11) is -3.99. The zero-order chi connectivity index (χ0) is 25.3. The van der Waals surface area contributed by atoms with Crippen LogP contribution in [-0.2, 0) is 26.0 Å². The number of amides is 2. The Hall–Kier alpha value is -3.82. The van der Waals surface area contributed by atoms with Crippen molar-refractivity contribution in [2.75, 3.05) is 18.4 Å². The molecule has 0 fully saturated rings. The number of benzene rings is 3. The number of carbonyl (C=O) groups is 2. The Bertz CT molecular complexity index is 1290. The van der Waals surface area contributed by atoms with Crippen LogP contribution in [0, 0.1) is 6.92 Å². The largest absolute Gasteiger partial charge is 0.326 e. The summed E-state index contributed by atoms with van der Waals surface area (Å²) < 4.78 is 27.9. The molecule has 0 aliphatic heterocycles. The fraction of sp³-hybridized carbons (Fsp3) is 0.192. The summed E-state index contributed by atoms with van der Waals surface area (Å²) >= 11 is 0. The minimum atomic E-state index is -3.99. The van der Waals surface area contributed by atoms with Crippen LogP contribution >= 0.6 is 0 Å². The number of carbonyl (C=O) groups excluding carboxylic acids is 2. The van der Waals surface area contributed by atoms with E-state index in [4.69, 9.17) is 0 Å². The summed E-state index contributed by atoms with van der Waals surface area (Å²) in [5.74, 6) is -0.812. The minimum absolute atomic E-state index is 0.0238. The van der Waals surface area contributed by atoms with Crippen molar-refractivity contribution in [3.63, 3.8) is 0 Å². The third kappa shape index (κ3) is 7.87. The first kappa shape index (κ1) is 25.8. The molecule has 35 heavy (non-hydrogen) atoms. The highest BCUT2D eigenvalue weighted by molar-refractivity contribution is 7.89. The first-order chi connectivity index (χ1) is 16.7.